The van der Waals surface area contributed by atoms with Gasteiger partial charge in [-0.2, -0.15) is 0 Å². The fraction of sp³-hybridized carbons (Fsp3) is 0.400. The molecule has 2 nitrogen and oxygen atoms in total. The molecule has 0 aliphatic carbocycles. The summed E-state index contributed by atoms with van der Waals surface area (Å²) >= 11 is 5.85. The molecule has 0 heterocycles. The zero-order valence-electron chi connectivity index (χ0n) is 8.29. The van der Waals surface area contributed by atoms with E-state index in [1.165, 1.54) is 0 Å². The summed E-state index contributed by atoms with van der Waals surface area (Å²) in [4.78, 5) is 0.749. The second-order valence-electron chi connectivity index (χ2n) is 3.20. The number of hydrogen-bond acceptors (Lipinski definition) is 2. The minimum absolute atomic E-state index is 0.148. The van der Waals surface area contributed by atoms with Crippen molar-refractivity contribution in [2.24, 2.45) is 0 Å². The Morgan fingerprint density at radius 2 is 2.21 bits per heavy atom. The van der Waals surface area contributed by atoms with Crippen LogP contribution in [0, 0.1) is 0 Å². The van der Waals surface area contributed by atoms with E-state index in [2.05, 4.69) is 0 Å². The maximum Gasteiger partial charge on any atom is 0.0647 e. The van der Waals surface area contributed by atoms with E-state index in [9.17, 15) is 4.21 Å². The standard InChI is InChI=1S/C10H14ClNOS/c1-3-7(2)14(13)8-4-5-10(12)9(11)6-8/h4-7H,3,12H2,1-2H3. The highest BCUT2D eigenvalue weighted by Gasteiger charge is 2.12. The third kappa shape index (κ3) is 2.49. The molecule has 0 amide bonds. The highest BCUT2D eigenvalue weighted by atomic mass is 35.5. The van der Waals surface area contributed by atoms with Gasteiger partial charge in [0.2, 0.25) is 0 Å². The molecule has 0 aliphatic rings. The van der Waals surface area contributed by atoms with E-state index in [1.807, 2.05) is 13.8 Å². The Bertz CT molecular complexity index is 354. The van der Waals surface area contributed by atoms with E-state index >= 15 is 0 Å². The maximum atomic E-state index is 11.9. The molecule has 0 aliphatic heterocycles. The van der Waals surface area contributed by atoms with Crippen molar-refractivity contribution in [3.63, 3.8) is 0 Å². The number of anilines is 1. The van der Waals surface area contributed by atoms with Gasteiger partial charge < -0.3 is 5.73 Å². The first kappa shape index (κ1) is 11.5. The lowest BCUT2D eigenvalue weighted by molar-refractivity contribution is 0.670. The van der Waals surface area contributed by atoms with Gasteiger partial charge in [-0.15, -0.1) is 0 Å². The van der Waals surface area contributed by atoms with Crippen LogP contribution >= 0.6 is 11.6 Å². The van der Waals surface area contributed by atoms with Gasteiger partial charge in [0.05, 0.1) is 21.5 Å². The average molecular weight is 232 g/mol. The van der Waals surface area contributed by atoms with E-state index in [-0.39, 0.29) is 5.25 Å². The Balaban J connectivity index is 2.97. The van der Waals surface area contributed by atoms with Gasteiger partial charge in [0.25, 0.3) is 0 Å². The number of halogens is 1. The summed E-state index contributed by atoms with van der Waals surface area (Å²) in [5, 5.41) is 0.619. The number of nitrogens with two attached hydrogens (primary N) is 1. The van der Waals surface area contributed by atoms with Gasteiger partial charge >= 0.3 is 0 Å². The van der Waals surface area contributed by atoms with Crippen LogP contribution in [0.25, 0.3) is 0 Å². The van der Waals surface area contributed by atoms with Crippen LogP contribution < -0.4 is 5.73 Å². The number of benzene rings is 1. The molecular weight excluding hydrogens is 218 g/mol. The molecule has 2 N–H and O–H groups in total. The van der Waals surface area contributed by atoms with E-state index < -0.39 is 10.8 Å². The number of hydrogen-bond donors (Lipinski definition) is 1. The van der Waals surface area contributed by atoms with Crippen LogP contribution in [0.2, 0.25) is 5.02 Å². The highest BCUT2D eigenvalue weighted by molar-refractivity contribution is 7.85. The molecule has 0 saturated heterocycles. The van der Waals surface area contributed by atoms with Crippen molar-refractivity contribution in [3.8, 4) is 0 Å². The van der Waals surface area contributed by atoms with Gasteiger partial charge in [0.1, 0.15) is 0 Å². The van der Waals surface area contributed by atoms with Crippen LogP contribution in [0.1, 0.15) is 20.3 Å². The first-order valence-electron chi connectivity index (χ1n) is 4.51. The molecule has 4 heteroatoms. The van der Waals surface area contributed by atoms with Gasteiger partial charge in [0, 0.05) is 10.1 Å². The van der Waals surface area contributed by atoms with Gasteiger partial charge in [-0.25, -0.2) is 0 Å². The monoisotopic (exact) mass is 231 g/mol. The SMILES string of the molecule is CCC(C)S(=O)c1ccc(N)c(Cl)c1. The first-order valence-corrected chi connectivity index (χ1v) is 6.11. The lowest BCUT2D eigenvalue weighted by atomic mass is 10.3. The predicted octanol–water partition coefficient (Wildman–Crippen LogP) is 2.83. The summed E-state index contributed by atoms with van der Waals surface area (Å²) in [6.45, 7) is 3.97. The predicted molar refractivity (Wildman–Crippen MR) is 62.0 cm³/mol. The van der Waals surface area contributed by atoms with Crippen molar-refractivity contribution in [3.05, 3.63) is 23.2 Å². The molecule has 0 aromatic heterocycles. The Morgan fingerprint density at radius 3 is 2.71 bits per heavy atom. The first-order chi connectivity index (χ1) is 6.56. The Labute approximate surface area is 91.9 Å². The van der Waals surface area contributed by atoms with Crippen molar-refractivity contribution >= 4 is 28.1 Å². The van der Waals surface area contributed by atoms with Crippen molar-refractivity contribution < 1.29 is 4.21 Å². The van der Waals surface area contributed by atoms with E-state index in [0.29, 0.717) is 10.7 Å². The van der Waals surface area contributed by atoms with Gasteiger partial charge in [-0.05, 0) is 24.6 Å². The van der Waals surface area contributed by atoms with Crippen molar-refractivity contribution in [2.75, 3.05) is 5.73 Å². The summed E-state index contributed by atoms with van der Waals surface area (Å²) in [7, 11) is -0.987. The van der Waals surface area contributed by atoms with Crippen LogP contribution in [0.5, 0.6) is 0 Å². The topological polar surface area (TPSA) is 43.1 Å². The lowest BCUT2D eigenvalue weighted by Crippen LogP contribution is -2.09. The Kier molecular flexibility index (Phi) is 3.96. The maximum absolute atomic E-state index is 11.9. The van der Waals surface area contributed by atoms with Gasteiger partial charge in [-0.1, -0.05) is 25.4 Å². The molecule has 14 heavy (non-hydrogen) atoms. The molecule has 1 aromatic carbocycles. The van der Waals surface area contributed by atoms with E-state index in [4.69, 9.17) is 17.3 Å². The van der Waals surface area contributed by atoms with Gasteiger partial charge in [-0.3, -0.25) is 4.21 Å². The molecular formula is C10H14ClNOS. The Hall–Kier alpha value is -0.540. The molecule has 2 atom stereocenters. The summed E-state index contributed by atoms with van der Waals surface area (Å²) in [6.07, 6.45) is 0.884. The minimum atomic E-state index is -0.987. The lowest BCUT2D eigenvalue weighted by Gasteiger charge is -2.09. The summed E-state index contributed by atoms with van der Waals surface area (Å²) in [6, 6.07) is 5.14. The molecule has 1 aromatic rings. The summed E-state index contributed by atoms with van der Waals surface area (Å²) < 4.78 is 11.9. The van der Waals surface area contributed by atoms with Crippen LogP contribution in [-0.4, -0.2) is 9.46 Å². The minimum Gasteiger partial charge on any atom is -0.398 e. The molecule has 0 spiro atoms. The summed E-state index contributed by atoms with van der Waals surface area (Å²) in [5.74, 6) is 0. The number of rotatable bonds is 3. The quantitative estimate of drug-likeness (QED) is 0.813. The third-order valence-corrected chi connectivity index (χ3v) is 4.25. The van der Waals surface area contributed by atoms with Gasteiger partial charge in [0.15, 0.2) is 0 Å². The fourth-order valence-corrected chi connectivity index (χ4v) is 2.47. The van der Waals surface area contributed by atoms with Crippen LogP contribution in [0.3, 0.4) is 0 Å². The van der Waals surface area contributed by atoms with Crippen LogP contribution in [0.4, 0.5) is 5.69 Å². The smallest absolute Gasteiger partial charge is 0.0647 e. The van der Waals surface area contributed by atoms with Crippen molar-refractivity contribution in [1.29, 1.82) is 0 Å². The molecule has 0 radical (unpaired) electrons. The fourth-order valence-electron chi connectivity index (χ4n) is 1.02. The normalized spacial score (nSPS) is 15.1. The largest absolute Gasteiger partial charge is 0.398 e. The highest BCUT2D eigenvalue weighted by Crippen LogP contribution is 2.23. The zero-order chi connectivity index (χ0) is 10.7. The molecule has 78 valence electrons. The molecule has 1 rings (SSSR count). The van der Waals surface area contributed by atoms with E-state index in [1.54, 1.807) is 18.2 Å². The molecule has 0 saturated carbocycles. The molecule has 2 unspecified atom stereocenters. The average Bonchev–Trinajstić information content (AvgIpc) is 2.20. The second kappa shape index (κ2) is 4.80. The summed E-state index contributed by atoms with van der Waals surface area (Å²) in [5.41, 5.74) is 6.09. The van der Waals surface area contributed by atoms with E-state index in [0.717, 1.165) is 11.3 Å². The molecule has 0 bridgehead atoms. The van der Waals surface area contributed by atoms with Crippen molar-refractivity contribution in [1.82, 2.24) is 0 Å². The Morgan fingerprint density at radius 1 is 1.57 bits per heavy atom. The molecule has 0 fully saturated rings. The van der Waals surface area contributed by atoms with Crippen LogP contribution in [0.15, 0.2) is 23.1 Å². The third-order valence-electron chi connectivity index (χ3n) is 2.14. The second-order valence-corrected chi connectivity index (χ2v) is 5.48. The number of nitrogen functional groups attached to an aromatic ring is 1. The van der Waals surface area contributed by atoms with Crippen molar-refractivity contribution in [2.45, 2.75) is 30.4 Å². The zero-order valence-corrected chi connectivity index (χ0v) is 9.86. The van der Waals surface area contributed by atoms with Crippen LogP contribution in [-0.2, 0) is 10.8 Å².